The molecule has 0 unspecified atom stereocenters. The van der Waals surface area contributed by atoms with Gasteiger partial charge in [-0.3, -0.25) is 0 Å². The zero-order valence-corrected chi connectivity index (χ0v) is 10.1. The molecule has 16 heavy (non-hydrogen) atoms. The molecule has 0 N–H and O–H groups in total. The van der Waals surface area contributed by atoms with Crippen LogP contribution < -0.4 is 4.74 Å². The minimum absolute atomic E-state index is 0.221. The lowest BCUT2D eigenvalue weighted by Gasteiger charge is -2.09. The van der Waals surface area contributed by atoms with E-state index in [1.54, 1.807) is 0 Å². The Morgan fingerprint density at radius 2 is 1.88 bits per heavy atom. The largest absolute Gasteiger partial charge is 0.491 e. The van der Waals surface area contributed by atoms with Crippen molar-refractivity contribution in [3.05, 3.63) is 29.8 Å². The van der Waals surface area contributed by atoms with Gasteiger partial charge in [0.25, 0.3) is 0 Å². The number of aldehydes is 1. The molecular formula is C14H20O2. The van der Waals surface area contributed by atoms with Gasteiger partial charge in [0, 0.05) is 6.42 Å². The molecule has 0 radical (unpaired) electrons. The number of carbonyl (C=O) groups is 1. The van der Waals surface area contributed by atoms with Gasteiger partial charge in [0.05, 0.1) is 6.10 Å². The fraction of sp³-hybridized carbons (Fsp3) is 0.500. The SMILES string of the molecule is CC(C)Oc1ccc(CCCCC=O)cc1. The summed E-state index contributed by atoms with van der Waals surface area (Å²) >= 11 is 0. The van der Waals surface area contributed by atoms with Gasteiger partial charge in [0.15, 0.2) is 0 Å². The van der Waals surface area contributed by atoms with Crippen LogP contribution in [0.4, 0.5) is 0 Å². The Kier molecular flexibility index (Phi) is 5.62. The molecule has 0 aliphatic rings. The summed E-state index contributed by atoms with van der Waals surface area (Å²) in [4.78, 5) is 10.1. The lowest BCUT2D eigenvalue weighted by Crippen LogP contribution is -2.05. The Morgan fingerprint density at radius 3 is 2.44 bits per heavy atom. The van der Waals surface area contributed by atoms with Gasteiger partial charge in [-0.1, -0.05) is 12.1 Å². The number of hydrogen-bond donors (Lipinski definition) is 0. The van der Waals surface area contributed by atoms with Crippen LogP contribution in [-0.4, -0.2) is 12.4 Å². The van der Waals surface area contributed by atoms with E-state index >= 15 is 0 Å². The highest BCUT2D eigenvalue weighted by Crippen LogP contribution is 2.15. The van der Waals surface area contributed by atoms with Crippen LogP contribution in [0, 0.1) is 0 Å². The number of unbranched alkanes of at least 4 members (excludes halogenated alkanes) is 2. The lowest BCUT2D eigenvalue weighted by atomic mass is 10.1. The predicted molar refractivity (Wildman–Crippen MR) is 65.8 cm³/mol. The predicted octanol–water partition coefficient (Wildman–Crippen LogP) is 3.39. The van der Waals surface area contributed by atoms with Gasteiger partial charge in [0.2, 0.25) is 0 Å². The Morgan fingerprint density at radius 1 is 1.19 bits per heavy atom. The quantitative estimate of drug-likeness (QED) is 0.520. The van der Waals surface area contributed by atoms with Crippen LogP contribution >= 0.6 is 0 Å². The summed E-state index contributed by atoms with van der Waals surface area (Å²) in [6.07, 6.45) is 4.97. The molecule has 1 aromatic rings. The van der Waals surface area contributed by atoms with Crippen molar-refractivity contribution in [2.75, 3.05) is 0 Å². The second-order valence-electron chi connectivity index (χ2n) is 4.22. The summed E-state index contributed by atoms with van der Waals surface area (Å²) in [6.45, 7) is 4.04. The number of ether oxygens (including phenoxy) is 1. The van der Waals surface area contributed by atoms with Crippen molar-refractivity contribution in [3.8, 4) is 5.75 Å². The summed E-state index contributed by atoms with van der Waals surface area (Å²) in [5, 5.41) is 0. The number of rotatable bonds is 7. The van der Waals surface area contributed by atoms with E-state index in [1.165, 1.54) is 5.56 Å². The van der Waals surface area contributed by atoms with Gasteiger partial charge in [-0.25, -0.2) is 0 Å². The van der Waals surface area contributed by atoms with Gasteiger partial charge < -0.3 is 9.53 Å². The zero-order valence-electron chi connectivity index (χ0n) is 10.1. The summed E-state index contributed by atoms with van der Waals surface area (Å²) < 4.78 is 5.57. The van der Waals surface area contributed by atoms with E-state index in [-0.39, 0.29) is 6.10 Å². The van der Waals surface area contributed by atoms with Gasteiger partial charge >= 0.3 is 0 Å². The molecule has 0 saturated heterocycles. The first-order chi connectivity index (χ1) is 7.72. The normalized spacial score (nSPS) is 10.4. The summed E-state index contributed by atoms with van der Waals surface area (Å²) in [6, 6.07) is 8.21. The average Bonchev–Trinajstić information content (AvgIpc) is 2.26. The van der Waals surface area contributed by atoms with Crippen LogP contribution in [0.25, 0.3) is 0 Å². The third-order valence-electron chi connectivity index (χ3n) is 2.33. The highest BCUT2D eigenvalue weighted by atomic mass is 16.5. The Labute approximate surface area is 97.6 Å². The van der Waals surface area contributed by atoms with Crippen LogP contribution in [0.2, 0.25) is 0 Å². The molecule has 0 fully saturated rings. The van der Waals surface area contributed by atoms with Crippen molar-refractivity contribution in [2.24, 2.45) is 0 Å². The maximum absolute atomic E-state index is 10.1. The van der Waals surface area contributed by atoms with E-state index < -0.39 is 0 Å². The average molecular weight is 220 g/mol. The first-order valence-electron chi connectivity index (χ1n) is 5.91. The highest BCUT2D eigenvalue weighted by Gasteiger charge is 1.98. The van der Waals surface area contributed by atoms with Gasteiger partial charge in [-0.15, -0.1) is 0 Å². The molecule has 0 amide bonds. The van der Waals surface area contributed by atoms with Crippen molar-refractivity contribution in [1.29, 1.82) is 0 Å². The van der Waals surface area contributed by atoms with Crippen molar-refractivity contribution in [2.45, 2.75) is 45.6 Å². The summed E-state index contributed by atoms with van der Waals surface area (Å²) in [5.41, 5.74) is 1.31. The molecule has 0 bridgehead atoms. The second-order valence-corrected chi connectivity index (χ2v) is 4.22. The standard InChI is InChI=1S/C14H20O2/c1-12(2)16-14-9-7-13(8-10-14)6-4-3-5-11-15/h7-12H,3-6H2,1-2H3. The van der Waals surface area contributed by atoms with Gasteiger partial charge in [-0.05, 0) is 50.8 Å². The molecule has 1 aromatic carbocycles. The number of carbonyl (C=O) groups excluding carboxylic acids is 1. The molecule has 0 saturated carbocycles. The monoisotopic (exact) mass is 220 g/mol. The van der Waals surface area contributed by atoms with E-state index in [1.807, 2.05) is 26.0 Å². The molecule has 2 nitrogen and oxygen atoms in total. The minimum Gasteiger partial charge on any atom is -0.491 e. The first-order valence-corrected chi connectivity index (χ1v) is 5.91. The first kappa shape index (κ1) is 12.8. The molecule has 0 aliphatic carbocycles. The number of aryl methyl sites for hydroxylation is 1. The maximum Gasteiger partial charge on any atom is 0.119 e. The van der Waals surface area contributed by atoms with Crippen molar-refractivity contribution >= 4 is 6.29 Å². The Hall–Kier alpha value is -1.31. The molecule has 1 rings (SSSR count). The topological polar surface area (TPSA) is 26.3 Å². The van der Waals surface area contributed by atoms with Crippen molar-refractivity contribution in [3.63, 3.8) is 0 Å². The van der Waals surface area contributed by atoms with E-state index in [9.17, 15) is 4.79 Å². The van der Waals surface area contributed by atoms with Crippen LogP contribution in [-0.2, 0) is 11.2 Å². The Balaban J connectivity index is 2.36. The van der Waals surface area contributed by atoms with Crippen LogP contribution in [0.1, 0.15) is 38.7 Å². The van der Waals surface area contributed by atoms with Gasteiger partial charge in [0.1, 0.15) is 12.0 Å². The molecule has 0 spiro atoms. The Bertz CT molecular complexity index is 301. The summed E-state index contributed by atoms with van der Waals surface area (Å²) in [7, 11) is 0. The summed E-state index contributed by atoms with van der Waals surface area (Å²) in [5.74, 6) is 0.923. The maximum atomic E-state index is 10.1. The van der Waals surface area contributed by atoms with Crippen molar-refractivity contribution in [1.82, 2.24) is 0 Å². The van der Waals surface area contributed by atoms with E-state index in [2.05, 4.69) is 12.1 Å². The lowest BCUT2D eigenvalue weighted by molar-refractivity contribution is -0.107. The molecule has 0 aromatic heterocycles. The zero-order chi connectivity index (χ0) is 11.8. The highest BCUT2D eigenvalue weighted by molar-refractivity contribution is 5.48. The fourth-order valence-corrected chi connectivity index (χ4v) is 1.56. The minimum atomic E-state index is 0.221. The van der Waals surface area contributed by atoms with Crippen molar-refractivity contribution < 1.29 is 9.53 Å². The van der Waals surface area contributed by atoms with Crippen LogP contribution in [0.3, 0.4) is 0 Å². The smallest absolute Gasteiger partial charge is 0.119 e. The van der Waals surface area contributed by atoms with E-state index in [4.69, 9.17) is 4.74 Å². The van der Waals surface area contributed by atoms with Crippen LogP contribution in [0.5, 0.6) is 5.75 Å². The second kappa shape index (κ2) is 7.04. The molecule has 88 valence electrons. The third kappa shape index (κ3) is 4.96. The number of hydrogen-bond acceptors (Lipinski definition) is 2. The molecule has 0 aliphatic heterocycles. The fourth-order valence-electron chi connectivity index (χ4n) is 1.56. The molecule has 0 atom stereocenters. The molecule has 0 heterocycles. The van der Waals surface area contributed by atoms with E-state index in [0.717, 1.165) is 31.3 Å². The van der Waals surface area contributed by atoms with Gasteiger partial charge in [-0.2, -0.15) is 0 Å². The molecular weight excluding hydrogens is 200 g/mol. The molecule has 2 heteroatoms. The van der Waals surface area contributed by atoms with Crippen LogP contribution in [0.15, 0.2) is 24.3 Å². The third-order valence-corrected chi connectivity index (χ3v) is 2.33. The van der Waals surface area contributed by atoms with E-state index in [0.29, 0.717) is 6.42 Å². The number of benzene rings is 1.